The van der Waals surface area contributed by atoms with Gasteiger partial charge in [0.2, 0.25) is 5.91 Å². The molecular formula is C21H29N5O2. The van der Waals surface area contributed by atoms with Crippen LogP contribution in [0.1, 0.15) is 19.8 Å². The zero-order chi connectivity index (χ0) is 19.8. The van der Waals surface area contributed by atoms with E-state index in [0.29, 0.717) is 13.1 Å². The van der Waals surface area contributed by atoms with Crippen molar-refractivity contribution in [2.45, 2.75) is 19.8 Å². The molecule has 1 aromatic heterocycles. The van der Waals surface area contributed by atoms with Gasteiger partial charge in [0.1, 0.15) is 5.75 Å². The third-order valence-corrected chi connectivity index (χ3v) is 4.89. The van der Waals surface area contributed by atoms with Crippen LogP contribution in [-0.2, 0) is 4.79 Å². The van der Waals surface area contributed by atoms with Crippen LogP contribution in [0, 0.1) is 0 Å². The average Bonchev–Trinajstić information content (AvgIpc) is 3.00. The number of nitrogens with zero attached hydrogens (tertiary/aromatic N) is 4. The Bertz CT molecular complexity index is 766. The van der Waals surface area contributed by atoms with Gasteiger partial charge >= 0.3 is 0 Å². The van der Waals surface area contributed by atoms with Crippen molar-refractivity contribution in [2.75, 3.05) is 51.3 Å². The number of hydrogen-bond donors (Lipinski definition) is 1. The first-order valence-electron chi connectivity index (χ1n) is 9.93. The minimum absolute atomic E-state index is 0.176. The fourth-order valence-electron chi connectivity index (χ4n) is 3.31. The standard InChI is InChI=1S/C21H29N5O2/c1-3-10-22-16-21(27)26-12-5-11-25(13-14-26)20-9-8-19(23-24-20)17-6-4-7-18(15-17)28-2/h4,6-9,15,22H,3,5,10-14,16H2,1-2H3. The lowest BCUT2D eigenvalue weighted by molar-refractivity contribution is -0.130. The van der Waals surface area contributed by atoms with Crippen LogP contribution in [0.5, 0.6) is 5.75 Å². The average molecular weight is 383 g/mol. The Kier molecular flexibility index (Phi) is 7.19. The SMILES string of the molecule is CCCNCC(=O)N1CCCN(c2ccc(-c3cccc(OC)c3)nn2)CC1. The first kappa shape index (κ1) is 20.1. The zero-order valence-corrected chi connectivity index (χ0v) is 16.7. The van der Waals surface area contributed by atoms with Gasteiger partial charge in [-0.3, -0.25) is 4.79 Å². The molecule has 7 heteroatoms. The lowest BCUT2D eigenvalue weighted by Gasteiger charge is -2.22. The Labute approximate surface area is 166 Å². The molecule has 2 aromatic rings. The molecule has 0 bridgehead atoms. The molecule has 0 radical (unpaired) electrons. The molecule has 1 amide bonds. The highest BCUT2D eigenvalue weighted by molar-refractivity contribution is 5.78. The second kappa shape index (κ2) is 10.0. The fraction of sp³-hybridized carbons (Fsp3) is 0.476. The Morgan fingerprint density at radius 1 is 1.14 bits per heavy atom. The summed E-state index contributed by atoms with van der Waals surface area (Å²) in [6.45, 7) is 6.54. The molecule has 0 atom stereocenters. The van der Waals surface area contributed by atoms with E-state index in [1.807, 2.05) is 41.3 Å². The summed E-state index contributed by atoms with van der Waals surface area (Å²) in [6, 6.07) is 11.8. The van der Waals surface area contributed by atoms with Crippen molar-refractivity contribution in [3.8, 4) is 17.0 Å². The highest BCUT2D eigenvalue weighted by atomic mass is 16.5. The van der Waals surface area contributed by atoms with Crippen molar-refractivity contribution in [3.05, 3.63) is 36.4 Å². The number of amides is 1. The molecule has 1 aliphatic heterocycles. The summed E-state index contributed by atoms with van der Waals surface area (Å²) in [5.41, 5.74) is 1.79. The summed E-state index contributed by atoms with van der Waals surface area (Å²) in [6.07, 6.45) is 1.96. The molecule has 2 heterocycles. The van der Waals surface area contributed by atoms with Gasteiger partial charge in [0, 0.05) is 31.7 Å². The molecule has 7 nitrogen and oxygen atoms in total. The highest BCUT2D eigenvalue weighted by Gasteiger charge is 2.19. The van der Waals surface area contributed by atoms with Crippen LogP contribution >= 0.6 is 0 Å². The summed E-state index contributed by atoms with van der Waals surface area (Å²) in [5.74, 6) is 1.83. The predicted molar refractivity (Wildman–Crippen MR) is 111 cm³/mol. The molecule has 0 aliphatic carbocycles. The van der Waals surface area contributed by atoms with E-state index in [1.54, 1.807) is 7.11 Å². The summed E-state index contributed by atoms with van der Waals surface area (Å²) >= 11 is 0. The molecular weight excluding hydrogens is 354 g/mol. The van der Waals surface area contributed by atoms with Gasteiger partial charge in [0.05, 0.1) is 19.3 Å². The number of nitrogens with one attached hydrogen (secondary N) is 1. The second-order valence-electron chi connectivity index (χ2n) is 6.91. The van der Waals surface area contributed by atoms with E-state index in [9.17, 15) is 4.79 Å². The molecule has 1 aliphatic rings. The van der Waals surface area contributed by atoms with Gasteiger partial charge in [-0.1, -0.05) is 19.1 Å². The lowest BCUT2D eigenvalue weighted by Crippen LogP contribution is -2.40. The monoisotopic (exact) mass is 383 g/mol. The number of carbonyl (C=O) groups is 1. The molecule has 0 unspecified atom stereocenters. The number of hydrogen-bond acceptors (Lipinski definition) is 6. The van der Waals surface area contributed by atoms with Gasteiger partial charge < -0.3 is 19.9 Å². The van der Waals surface area contributed by atoms with Gasteiger partial charge in [0.15, 0.2) is 5.82 Å². The van der Waals surface area contributed by atoms with Crippen molar-refractivity contribution in [1.82, 2.24) is 20.4 Å². The number of benzene rings is 1. The number of methoxy groups -OCH3 is 1. The maximum atomic E-state index is 12.3. The molecule has 0 spiro atoms. The number of carbonyl (C=O) groups excluding carboxylic acids is 1. The van der Waals surface area contributed by atoms with E-state index in [2.05, 4.69) is 27.3 Å². The Balaban J connectivity index is 1.60. The van der Waals surface area contributed by atoms with E-state index < -0.39 is 0 Å². The van der Waals surface area contributed by atoms with Crippen molar-refractivity contribution in [2.24, 2.45) is 0 Å². The Hall–Kier alpha value is -2.67. The summed E-state index contributed by atoms with van der Waals surface area (Å²) in [7, 11) is 1.65. The second-order valence-corrected chi connectivity index (χ2v) is 6.91. The number of aromatic nitrogens is 2. The van der Waals surface area contributed by atoms with E-state index in [-0.39, 0.29) is 5.91 Å². The molecule has 150 valence electrons. The van der Waals surface area contributed by atoms with Gasteiger partial charge in [-0.05, 0) is 43.7 Å². The van der Waals surface area contributed by atoms with Crippen LogP contribution in [-0.4, -0.2) is 67.4 Å². The highest BCUT2D eigenvalue weighted by Crippen LogP contribution is 2.23. The lowest BCUT2D eigenvalue weighted by atomic mass is 10.1. The molecule has 0 saturated carbocycles. The van der Waals surface area contributed by atoms with Crippen LogP contribution in [0.4, 0.5) is 5.82 Å². The Morgan fingerprint density at radius 3 is 2.79 bits per heavy atom. The smallest absolute Gasteiger partial charge is 0.236 e. The molecule has 1 aromatic carbocycles. The summed E-state index contributed by atoms with van der Waals surface area (Å²) < 4.78 is 5.28. The van der Waals surface area contributed by atoms with Crippen molar-refractivity contribution >= 4 is 11.7 Å². The number of rotatable bonds is 7. The van der Waals surface area contributed by atoms with Gasteiger partial charge in [-0.15, -0.1) is 10.2 Å². The van der Waals surface area contributed by atoms with E-state index >= 15 is 0 Å². The van der Waals surface area contributed by atoms with Crippen LogP contribution in [0.2, 0.25) is 0 Å². The van der Waals surface area contributed by atoms with Crippen molar-refractivity contribution < 1.29 is 9.53 Å². The first-order chi connectivity index (χ1) is 13.7. The number of ether oxygens (including phenoxy) is 1. The maximum absolute atomic E-state index is 12.3. The Morgan fingerprint density at radius 2 is 2.04 bits per heavy atom. The fourth-order valence-corrected chi connectivity index (χ4v) is 3.31. The minimum Gasteiger partial charge on any atom is -0.497 e. The maximum Gasteiger partial charge on any atom is 0.236 e. The normalized spacial score (nSPS) is 14.6. The summed E-state index contributed by atoms with van der Waals surface area (Å²) in [5, 5.41) is 12.0. The molecule has 28 heavy (non-hydrogen) atoms. The predicted octanol–water partition coefficient (Wildman–Crippen LogP) is 2.19. The minimum atomic E-state index is 0.176. The number of anilines is 1. The van der Waals surface area contributed by atoms with E-state index in [1.165, 1.54) is 0 Å². The third-order valence-electron chi connectivity index (χ3n) is 4.89. The molecule has 1 saturated heterocycles. The van der Waals surface area contributed by atoms with E-state index in [0.717, 1.165) is 61.8 Å². The van der Waals surface area contributed by atoms with Crippen molar-refractivity contribution in [3.63, 3.8) is 0 Å². The van der Waals surface area contributed by atoms with Crippen LogP contribution < -0.4 is 15.0 Å². The van der Waals surface area contributed by atoms with Crippen molar-refractivity contribution in [1.29, 1.82) is 0 Å². The summed E-state index contributed by atoms with van der Waals surface area (Å²) in [4.78, 5) is 16.5. The molecule has 3 rings (SSSR count). The third kappa shape index (κ3) is 5.19. The van der Waals surface area contributed by atoms with Gasteiger partial charge in [-0.25, -0.2) is 0 Å². The quantitative estimate of drug-likeness (QED) is 0.739. The zero-order valence-electron chi connectivity index (χ0n) is 16.7. The van der Waals surface area contributed by atoms with Crippen LogP contribution in [0.15, 0.2) is 36.4 Å². The largest absolute Gasteiger partial charge is 0.497 e. The van der Waals surface area contributed by atoms with Gasteiger partial charge in [-0.2, -0.15) is 0 Å². The van der Waals surface area contributed by atoms with Gasteiger partial charge in [0.25, 0.3) is 0 Å². The van der Waals surface area contributed by atoms with E-state index in [4.69, 9.17) is 4.74 Å². The topological polar surface area (TPSA) is 70.6 Å². The molecule has 1 N–H and O–H groups in total. The van der Waals surface area contributed by atoms with Crippen LogP contribution in [0.25, 0.3) is 11.3 Å². The molecule has 1 fully saturated rings. The van der Waals surface area contributed by atoms with Crippen LogP contribution in [0.3, 0.4) is 0 Å². The first-order valence-corrected chi connectivity index (χ1v) is 9.93.